The average Bonchev–Trinajstić information content (AvgIpc) is 3.15. The molecule has 162 valence electrons. The molecule has 0 aliphatic carbocycles. The van der Waals surface area contributed by atoms with E-state index in [0.29, 0.717) is 42.6 Å². The molecule has 1 amide bonds. The molecule has 0 unspecified atom stereocenters. The summed E-state index contributed by atoms with van der Waals surface area (Å²) in [6.07, 6.45) is -3.71. The monoisotopic (exact) mass is 466 g/mol. The number of halogens is 4. The van der Waals surface area contributed by atoms with Crippen LogP contribution in [0.15, 0.2) is 42.6 Å². The van der Waals surface area contributed by atoms with Crippen LogP contribution in [0, 0.1) is 6.92 Å². The molecule has 0 radical (unpaired) electrons. The second kappa shape index (κ2) is 8.47. The van der Waals surface area contributed by atoms with Crippen molar-refractivity contribution in [2.75, 3.05) is 31.1 Å². The Morgan fingerprint density at radius 2 is 1.81 bits per heavy atom. The Morgan fingerprint density at radius 1 is 1.13 bits per heavy atom. The second-order valence-corrected chi connectivity index (χ2v) is 8.51. The lowest BCUT2D eigenvalue weighted by Crippen LogP contribution is -2.49. The maximum absolute atomic E-state index is 13.0. The Labute approximate surface area is 186 Å². The van der Waals surface area contributed by atoms with E-state index in [1.165, 1.54) is 11.3 Å². The zero-order chi connectivity index (χ0) is 22.2. The number of aryl methyl sites for hydroxylation is 1. The summed E-state index contributed by atoms with van der Waals surface area (Å²) in [5.74, 6) is 0.199. The quantitative estimate of drug-likeness (QED) is 0.535. The van der Waals surface area contributed by atoms with Gasteiger partial charge in [-0.25, -0.2) is 9.97 Å². The lowest BCUT2D eigenvalue weighted by atomic mass is 10.2. The van der Waals surface area contributed by atoms with Crippen LogP contribution in [0.5, 0.6) is 0 Å². The number of anilines is 1. The molecule has 31 heavy (non-hydrogen) atoms. The van der Waals surface area contributed by atoms with Gasteiger partial charge >= 0.3 is 6.18 Å². The standard InChI is InChI=1S/C21H18ClF3N4OS/c1-13-17(31-19(27-13)14-5-3-2-4-6-14)20(30)29-9-7-28(8-10-29)18-16(22)11-15(12-26-18)21(23,24)25/h2-6,11-12H,7-10H2,1H3. The fourth-order valence-electron chi connectivity index (χ4n) is 3.38. The van der Waals surface area contributed by atoms with E-state index >= 15 is 0 Å². The molecule has 0 spiro atoms. The molecule has 1 aromatic carbocycles. The number of pyridine rings is 1. The van der Waals surface area contributed by atoms with Gasteiger partial charge in [-0.3, -0.25) is 4.79 Å². The van der Waals surface area contributed by atoms with Crippen LogP contribution in [0.4, 0.5) is 19.0 Å². The van der Waals surface area contributed by atoms with Crippen LogP contribution in [-0.2, 0) is 6.18 Å². The van der Waals surface area contributed by atoms with Gasteiger partial charge in [-0.05, 0) is 13.0 Å². The highest BCUT2D eigenvalue weighted by Gasteiger charge is 2.33. The second-order valence-electron chi connectivity index (χ2n) is 7.11. The molecule has 4 rings (SSSR count). The third-order valence-electron chi connectivity index (χ3n) is 5.03. The summed E-state index contributed by atoms with van der Waals surface area (Å²) in [7, 11) is 0. The smallest absolute Gasteiger partial charge is 0.352 e. The Balaban J connectivity index is 1.45. The largest absolute Gasteiger partial charge is 0.417 e. The number of alkyl halides is 3. The van der Waals surface area contributed by atoms with Gasteiger partial charge in [0.2, 0.25) is 0 Å². The average molecular weight is 467 g/mol. The molecule has 10 heteroatoms. The summed E-state index contributed by atoms with van der Waals surface area (Å²) in [6, 6.07) is 10.6. The SMILES string of the molecule is Cc1nc(-c2ccccc2)sc1C(=O)N1CCN(c2ncc(C(F)(F)F)cc2Cl)CC1. The van der Waals surface area contributed by atoms with Gasteiger partial charge in [0.15, 0.2) is 0 Å². The zero-order valence-electron chi connectivity index (χ0n) is 16.5. The van der Waals surface area contributed by atoms with Crippen LogP contribution in [0.2, 0.25) is 5.02 Å². The molecule has 1 fully saturated rings. The minimum absolute atomic E-state index is 0.0552. The van der Waals surface area contributed by atoms with Crippen molar-refractivity contribution in [2.45, 2.75) is 13.1 Å². The van der Waals surface area contributed by atoms with Gasteiger partial charge in [0.05, 0.1) is 16.3 Å². The molecule has 3 heterocycles. The molecule has 0 N–H and O–H groups in total. The van der Waals surface area contributed by atoms with Crippen molar-refractivity contribution < 1.29 is 18.0 Å². The van der Waals surface area contributed by atoms with E-state index in [0.717, 1.165) is 22.8 Å². The Bertz CT molecular complexity index is 1100. The van der Waals surface area contributed by atoms with Crippen molar-refractivity contribution in [2.24, 2.45) is 0 Å². The first kappa shape index (κ1) is 21.6. The number of benzene rings is 1. The summed E-state index contributed by atoms with van der Waals surface area (Å²) in [5.41, 5.74) is 0.760. The van der Waals surface area contributed by atoms with Gasteiger partial charge in [-0.2, -0.15) is 13.2 Å². The van der Waals surface area contributed by atoms with Crippen LogP contribution in [0.1, 0.15) is 20.9 Å². The highest BCUT2D eigenvalue weighted by Crippen LogP contribution is 2.34. The maximum atomic E-state index is 13.0. The minimum Gasteiger partial charge on any atom is -0.352 e. The molecule has 2 aromatic heterocycles. The number of hydrogen-bond donors (Lipinski definition) is 0. The van der Waals surface area contributed by atoms with Crippen molar-refractivity contribution in [3.8, 4) is 10.6 Å². The van der Waals surface area contributed by atoms with Gasteiger partial charge < -0.3 is 9.80 Å². The van der Waals surface area contributed by atoms with E-state index in [2.05, 4.69) is 9.97 Å². The third kappa shape index (κ3) is 4.52. The Hall–Kier alpha value is -2.65. The van der Waals surface area contributed by atoms with Crippen molar-refractivity contribution in [1.29, 1.82) is 0 Å². The number of hydrogen-bond acceptors (Lipinski definition) is 5. The summed E-state index contributed by atoms with van der Waals surface area (Å²) < 4.78 is 38.5. The number of rotatable bonds is 3. The third-order valence-corrected chi connectivity index (χ3v) is 6.50. The van der Waals surface area contributed by atoms with Gasteiger partial charge in [0.25, 0.3) is 5.91 Å². The Kier molecular flexibility index (Phi) is 5.90. The predicted molar refractivity (Wildman–Crippen MR) is 115 cm³/mol. The normalized spacial score (nSPS) is 14.7. The number of amides is 1. The topological polar surface area (TPSA) is 49.3 Å². The number of aromatic nitrogens is 2. The van der Waals surface area contributed by atoms with E-state index in [1.54, 1.807) is 9.80 Å². The van der Waals surface area contributed by atoms with E-state index in [9.17, 15) is 18.0 Å². The van der Waals surface area contributed by atoms with Crippen LogP contribution >= 0.6 is 22.9 Å². The number of piperazine rings is 1. The van der Waals surface area contributed by atoms with Crippen LogP contribution in [0.25, 0.3) is 10.6 Å². The summed E-state index contributed by atoms with van der Waals surface area (Å²) in [6.45, 7) is 3.49. The first-order valence-corrected chi connectivity index (χ1v) is 10.7. The molecular weight excluding hydrogens is 449 g/mol. The summed E-state index contributed by atoms with van der Waals surface area (Å²) in [5, 5.41) is 0.737. The van der Waals surface area contributed by atoms with E-state index in [4.69, 9.17) is 11.6 Å². The molecule has 1 aliphatic rings. The van der Waals surface area contributed by atoms with Crippen molar-refractivity contribution in [1.82, 2.24) is 14.9 Å². The van der Waals surface area contributed by atoms with E-state index in [-0.39, 0.29) is 10.9 Å². The van der Waals surface area contributed by atoms with Gasteiger partial charge in [-0.1, -0.05) is 41.9 Å². The van der Waals surface area contributed by atoms with E-state index < -0.39 is 11.7 Å². The van der Waals surface area contributed by atoms with Crippen molar-refractivity contribution in [3.63, 3.8) is 0 Å². The molecule has 0 bridgehead atoms. The fourth-order valence-corrected chi connectivity index (χ4v) is 4.71. The molecular formula is C21H18ClF3N4OS. The zero-order valence-corrected chi connectivity index (χ0v) is 18.1. The van der Waals surface area contributed by atoms with E-state index in [1.807, 2.05) is 37.3 Å². The summed E-state index contributed by atoms with van der Waals surface area (Å²) >= 11 is 7.42. The molecule has 0 atom stereocenters. The molecule has 1 saturated heterocycles. The van der Waals surface area contributed by atoms with Gasteiger partial charge in [0, 0.05) is 37.9 Å². The lowest BCUT2D eigenvalue weighted by Gasteiger charge is -2.35. The predicted octanol–water partition coefficient (Wildman–Crippen LogP) is 5.15. The molecule has 1 aliphatic heterocycles. The molecule has 5 nitrogen and oxygen atoms in total. The molecule has 3 aromatic rings. The molecule has 0 saturated carbocycles. The van der Waals surface area contributed by atoms with Crippen LogP contribution in [0.3, 0.4) is 0 Å². The van der Waals surface area contributed by atoms with Gasteiger partial charge in [0.1, 0.15) is 15.7 Å². The maximum Gasteiger partial charge on any atom is 0.417 e. The highest BCUT2D eigenvalue weighted by molar-refractivity contribution is 7.17. The number of thiazole rings is 1. The fraction of sp³-hybridized carbons (Fsp3) is 0.286. The first-order chi connectivity index (χ1) is 14.7. The van der Waals surface area contributed by atoms with Crippen LogP contribution in [-0.4, -0.2) is 47.0 Å². The van der Waals surface area contributed by atoms with Gasteiger partial charge in [-0.15, -0.1) is 11.3 Å². The van der Waals surface area contributed by atoms with Crippen molar-refractivity contribution in [3.05, 3.63) is 63.8 Å². The number of carbonyl (C=O) groups excluding carboxylic acids is 1. The lowest BCUT2D eigenvalue weighted by molar-refractivity contribution is -0.137. The Morgan fingerprint density at radius 3 is 2.42 bits per heavy atom. The number of nitrogens with zero attached hydrogens (tertiary/aromatic N) is 4. The number of carbonyl (C=O) groups is 1. The van der Waals surface area contributed by atoms with Crippen molar-refractivity contribution >= 4 is 34.7 Å². The van der Waals surface area contributed by atoms with Crippen LogP contribution < -0.4 is 4.90 Å². The summed E-state index contributed by atoms with van der Waals surface area (Å²) in [4.78, 5) is 25.6. The highest BCUT2D eigenvalue weighted by atomic mass is 35.5. The first-order valence-electron chi connectivity index (χ1n) is 9.54. The minimum atomic E-state index is -4.49.